The fraction of sp³-hybridized carbons (Fsp3) is 0.536. The summed E-state index contributed by atoms with van der Waals surface area (Å²) in [5, 5.41) is 22.5. The van der Waals surface area contributed by atoms with E-state index in [1.807, 2.05) is 0 Å². The van der Waals surface area contributed by atoms with Crippen molar-refractivity contribution in [2.45, 2.75) is 96.8 Å². The van der Waals surface area contributed by atoms with E-state index in [1.165, 1.54) is 82.8 Å². The quantitative estimate of drug-likeness (QED) is 0.153. The summed E-state index contributed by atoms with van der Waals surface area (Å²) in [6.45, 7) is 2.26. The van der Waals surface area contributed by atoms with E-state index in [-0.39, 0.29) is 28.2 Å². The molecule has 0 aliphatic heterocycles. The molecule has 6 heteroatoms. The van der Waals surface area contributed by atoms with Crippen molar-refractivity contribution in [1.29, 1.82) is 0 Å². The lowest BCUT2D eigenvalue weighted by Gasteiger charge is -2.10. The van der Waals surface area contributed by atoms with Gasteiger partial charge in [0, 0.05) is 24.2 Å². The predicted octanol–water partition coefficient (Wildman–Crippen LogP) is 8.96. The van der Waals surface area contributed by atoms with Crippen LogP contribution in [0.4, 0.5) is 5.69 Å². The number of phenolic OH excluding ortho intramolecular Hbond substituents is 2. The molecule has 0 saturated carbocycles. The van der Waals surface area contributed by atoms with Crippen molar-refractivity contribution in [3.05, 3.63) is 41.4 Å². The van der Waals surface area contributed by atoms with Crippen LogP contribution in [-0.2, 0) is 4.79 Å². The Morgan fingerprint density at radius 3 is 1.88 bits per heavy atom. The molecule has 2 aromatic rings. The second-order valence-electron chi connectivity index (χ2n) is 8.94. The number of hydrogen-bond acceptors (Lipinski definition) is 4. The van der Waals surface area contributed by atoms with Gasteiger partial charge in [0.2, 0.25) is 5.91 Å². The first-order chi connectivity index (χ1) is 16.5. The van der Waals surface area contributed by atoms with E-state index in [9.17, 15) is 15.0 Å². The fourth-order valence-corrected chi connectivity index (χ4v) is 4.03. The zero-order chi connectivity index (χ0) is 24.6. The van der Waals surface area contributed by atoms with E-state index in [1.54, 1.807) is 24.3 Å². The maximum atomic E-state index is 12.2. The Hall–Kier alpha value is -2.40. The minimum Gasteiger partial charge on any atom is -0.506 e. The largest absolute Gasteiger partial charge is 0.506 e. The number of nitrogens with one attached hydrogen (secondary N) is 1. The average Bonchev–Trinajstić information content (AvgIpc) is 2.81. The third-order valence-corrected chi connectivity index (χ3v) is 6.20. The van der Waals surface area contributed by atoms with Crippen LogP contribution in [-0.4, -0.2) is 16.1 Å². The second kappa shape index (κ2) is 16.3. The number of carbonyl (C=O) groups excluding carboxylic acids is 1. The van der Waals surface area contributed by atoms with Gasteiger partial charge in [-0.25, -0.2) is 0 Å². The number of hydrogen-bond donors (Lipinski definition) is 3. The third kappa shape index (κ3) is 11.1. The SMILES string of the molecule is CCCCCCCCCCCCCCCC(=O)Nc1ccc(Oc2cc(O)c(Cl)cc2O)cc1. The van der Waals surface area contributed by atoms with Crippen LogP contribution in [0.15, 0.2) is 36.4 Å². The van der Waals surface area contributed by atoms with Gasteiger partial charge in [-0.2, -0.15) is 0 Å². The highest BCUT2D eigenvalue weighted by Gasteiger charge is 2.10. The molecular formula is C28H40ClNO4. The van der Waals surface area contributed by atoms with Crippen molar-refractivity contribution in [1.82, 2.24) is 0 Å². The van der Waals surface area contributed by atoms with Crippen molar-refractivity contribution in [3.8, 4) is 23.0 Å². The molecule has 0 fully saturated rings. The molecule has 0 unspecified atom stereocenters. The maximum absolute atomic E-state index is 12.2. The van der Waals surface area contributed by atoms with Gasteiger partial charge in [0.1, 0.15) is 11.5 Å². The van der Waals surface area contributed by atoms with Gasteiger partial charge in [0.15, 0.2) is 11.5 Å². The van der Waals surface area contributed by atoms with Crippen LogP contribution in [0.1, 0.15) is 96.8 Å². The van der Waals surface area contributed by atoms with E-state index < -0.39 is 0 Å². The van der Waals surface area contributed by atoms with Crippen LogP contribution in [0.3, 0.4) is 0 Å². The Morgan fingerprint density at radius 1 is 0.794 bits per heavy atom. The summed E-state index contributed by atoms with van der Waals surface area (Å²) in [7, 11) is 0. The van der Waals surface area contributed by atoms with Crippen LogP contribution in [0, 0.1) is 0 Å². The Labute approximate surface area is 209 Å². The van der Waals surface area contributed by atoms with Crippen LogP contribution in [0.5, 0.6) is 23.0 Å². The van der Waals surface area contributed by atoms with Crippen molar-refractivity contribution < 1.29 is 19.7 Å². The van der Waals surface area contributed by atoms with Gasteiger partial charge >= 0.3 is 0 Å². The summed E-state index contributed by atoms with van der Waals surface area (Å²) >= 11 is 5.75. The number of carbonyl (C=O) groups is 1. The maximum Gasteiger partial charge on any atom is 0.224 e. The van der Waals surface area contributed by atoms with Gasteiger partial charge in [-0.1, -0.05) is 95.6 Å². The third-order valence-electron chi connectivity index (χ3n) is 5.90. The van der Waals surface area contributed by atoms with Crippen molar-refractivity contribution >= 4 is 23.2 Å². The fourth-order valence-electron chi connectivity index (χ4n) is 3.87. The highest BCUT2D eigenvalue weighted by Crippen LogP contribution is 2.38. The molecule has 0 saturated heterocycles. The number of benzene rings is 2. The highest BCUT2D eigenvalue weighted by atomic mass is 35.5. The van der Waals surface area contributed by atoms with Crippen LogP contribution in [0.25, 0.3) is 0 Å². The first-order valence-electron chi connectivity index (χ1n) is 12.8. The van der Waals surface area contributed by atoms with Crippen molar-refractivity contribution in [2.75, 3.05) is 5.32 Å². The topological polar surface area (TPSA) is 78.8 Å². The Bertz CT molecular complexity index is 854. The molecule has 3 N–H and O–H groups in total. The van der Waals surface area contributed by atoms with E-state index in [4.69, 9.17) is 16.3 Å². The number of aromatic hydroxyl groups is 2. The number of unbranched alkanes of at least 4 members (excludes halogenated alkanes) is 12. The molecule has 0 aromatic heterocycles. The first-order valence-corrected chi connectivity index (χ1v) is 13.2. The predicted molar refractivity (Wildman–Crippen MR) is 140 cm³/mol. The Balaban J connectivity index is 1.54. The summed E-state index contributed by atoms with van der Waals surface area (Å²) in [5.41, 5.74) is 0.690. The molecule has 0 aliphatic carbocycles. The van der Waals surface area contributed by atoms with Gasteiger partial charge in [-0.15, -0.1) is 0 Å². The number of rotatable bonds is 17. The van der Waals surface area contributed by atoms with Crippen LogP contribution >= 0.6 is 11.6 Å². The Kier molecular flexibility index (Phi) is 13.3. The molecule has 188 valence electrons. The van der Waals surface area contributed by atoms with Gasteiger partial charge in [0.05, 0.1) is 5.02 Å². The number of halogens is 1. The summed E-state index contributed by atoms with van der Waals surface area (Å²) in [6.07, 6.45) is 17.2. The second-order valence-corrected chi connectivity index (χ2v) is 9.35. The smallest absolute Gasteiger partial charge is 0.224 e. The van der Waals surface area contributed by atoms with Gasteiger partial charge < -0.3 is 20.3 Å². The van der Waals surface area contributed by atoms with Crippen LogP contribution in [0.2, 0.25) is 5.02 Å². The van der Waals surface area contributed by atoms with E-state index in [2.05, 4.69) is 12.2 Å². The summed E-state index contributed by atoms with van der Waals surface area (Å²) < 4.78 is 5.58. The molecule has 0 spiro atoms. The molecule has 2 rings (SSSR count). The zero-order valence-corrected chi connectivity index (χ0v) is 21.2. The van der Waals surface area contributed by atoms with Gasteiger partial charge in [-0.3, -0.25) is 4.79 Å². The summed E-state index contributed by atoms with van der Waals surface area (Å²) in [4.78, 5) is 12.2. The molecule has 0 radical (unpaired) electrons. The monoisotopic (exact) mass is 489 g/mol. The highest BCUT2D eigenvalue weighted by molar-refractivity contribution is 6.32. The number of anilines is 1. The van der Waals surface area contributed by atoms with E-state index in [0.717, 1.165) is 12.8 Å². The molecule has 5 nitrogen and oxygen atoms in total. The molecule has 0 aliphatic rings. The molecule has 34 heavy (non-hydrogen) atoms. The molecule has 0 bridgehead atoms. The van der Waals surface area contributed by atoms with E-state index >= 15 is 0 Å². The first kappa shape index (κ1) is 27.8. The molecule has 2 aromatic carbocycles. The van der Waals surface area contributed by atoms with Crippen molar-refractivity contribution in [3.63, 3.8) is 0 Å². The molecule has 0 atom stereocenters. The van der Waals surface area contributed by atoms with Crippen molar-refractivity contribution in [2.24, 2.45) is 0 Å². The molecule has 0 heterocycles. The minimum atomic E-state index is -0.175. The van der Waals surface area contributed by atoms with Gasteiger partial charge in [0.25, 0.3) is 0 Å². The lowest BCUT2D eigenvalue weighted by molar-refractivity contribution is -0.116. The minimum absolute atomic E-state index is 0.0111. The van der Waals surface area contributed by atoms with Crippen LogP contribution < -0.4 is 10.1 Å². The molecule has 1 amide bonds. The van der Waals surface area contributed by atoms with E-state index in [0.29, 0.717) is 17.9 Å². The average molecular weight is 490 g/mol. The zero-order valence-electron chi connectivity index (χ0n) is 20.5. The lowest BCUT2D eigenvalue weighted by atomic mass is 10.0. The van der Waals surface area contributed by atoms with Gasteiger partial charge in [-0.05, 0) is 30.7 Å². The normalized spacial score (nSPS) is 10.9. The number of amides is 1. The summed E-state index contributed by atoms with van der Waals surface area (Å²) in [5.74, 6) is 0.231. The standard InChI is InChI=1S/C28H40ClNO4/c1-2-3-4-5-6-7-8-9-10-11-12-13-14-15-28(33)30-22-16-18-23(19-17-22)34-27-21-25(31)24(29)20-26(27)32/h16-21,31-32H,2-15H2,1H3,(H,30,33). The Morgan fingerprint density at radius 2 is 1.32 bits per heavy atom. The number of ether oxygens (including phenoxy) is 1. The lowest BCUT2D eigenvalue weighted by Crippen LogP contribution is -2.10. The summed E-state index contributed by atoms with van der Waals surface area (Å²) in [6, 6.07) is 9.33. The number of phenols is 2. The molecular weight excluding hydrogens is 450 g/mol.